The molecular weight excluding hydrogens is 254 g/mol. The van der Waals surface area contributed by atoms with Gasteiger partial charge in [0.25, 0.3) is 0 Å². The highest BCUT2D eigenvalue weighted by Crippen LogP contribution is 2.27. The van der Waals surface area contributed by atoms with Crippen LogP contribution in [0.1, 0.15) is 0 Å². The molecule has 1 aromatic carbocycles. The van der Waals surface area contributed by atoms with Crippen molar-refractivity contribution in [1.29, 1.82) is 0 Å². The molecule has 0 saturated carbocycles. The van der Waals surface area contributed by atoms with E-state index >= 15 is 0 Å². The highest BCUT2D eigenvalue weighted by Gasteiger charge is 2.38. The third-order valence-electron chi connectivity index (χ3n) is 1.44. The molecule has 82 valence electrons. The van der Waals surface area contributed by atoms with Crippen LogP contribution in [0.15, 0.2) is 18.2 Å². The minimum Gasteiger partial charge on any atom is -0.317 e. The van der Waals surface area contributed by atoms with E-state index in [9.17, 15) is 18.0 Å². The van der Waals surface area contributed by atoms with Crippen LogP contribution in [0, 0.1) is 0 Å². The Morgan fingerprint density at radius 3 is 2.33 bits per heavy atom. The lowest BCUT2D eigenvalue weighted by molar-refractivity contribution is -0.167. The summed E-state index contributed by atoms with van der Waals surface area (Å²) >= 11 is 11.1. The third-order valence-corrected chi connectivity index (χ3v) is 1.98. The van der Waals surface area contributed by atoms with E-state index in [4.69, 9.17) is 23.2 Å². The largest absolute Gasteiger partial charge is 0.471 e. The third kappa shape index (κ3) is 3.28. The molecule has 7 heteroatoms. The van der Waals surface area contributed by atoms with Crippen LogP contribution in [0.5, 0.6) is 0 Å². The van der Waals surface area contributed by atoms with Gasteiger partial charge in [0.2, 0.25) is 0 Å². The Kier molecular flexibility index (Phi) is 3.46. The molecule has 0 heterocycles. The average Bonchev–Trinajstić information content (AvgIpc) is 2.08. The zero-order chi connectivity index (χ0) is 11.6. The summed E-state index contributed by atoms with van der Waals surface area (Å²) in [6.07, 6.45) is -4.94. The van der Waals surface area contributed by atoms with E-state index in [-0.39, 0.29) is 15.7 Å². The first kappa shape index (κ1) is 12.1. The smallest absolute Gasteiger partial charge is 0.317 e. The molecule has 2 nitrogen and oxygen atoms in total. The standard InChI is InChI=1S/C8H4Cl2F3NO/c9-4-1-2-6(5(10)3-4)14-7(15)8(11,12)13/h1-3H,(H,14,15). The number of alkyl halides is 3. The maximum absolute atomic E-state index is 11.9. The van der Waals surface area contributed by atoms with Gasteiger partial charge in [-0.05, 0) is 18.2 Å². The van der Waals surface area contributed by atoms with Crippen molar-refractivity contribution in [3.63, 3.8) is 0 Å². The van der Waals surface area contributed by atoms with Gasteiger partial charge in [0.15, 0.2) is 0 Å². The first-order chi connectivity index (χ1) is 6.80. The van der Waals surface area contributed by atoms with Crippen molar-refractivity contribution in [2.45, 2.75) is 6.18 Å². The Balaban J connectivity index is 2.87. The SMILES string of the molecule is O=C(Nc1ccc(Cl)cc1Cl)C(F)(F)F. The van der Waals surface area contributed by atoms with E-state index in [1.54, 1.807) is 5.32 Å². The van der Waals surface area contributed by atoms with Gasteiger partial charge in [-0.3, -0.25) is 4.79 Å². The molecule has 0 unspecified atom stereocenters. The Labute approximate surface area is 93.0 Å². The fourth-order valence-electron chi connectivity index (χ4n) is 0.784. The van der Waals surface area contributed by atoms with Gasteiger partial charge in [-0.25, -0.2) is 0 Å². The first-order valence-electron chi connectivity index (χ1n) is 3.64. The number of rotatable bonds is 1. The molecule has 1 amide bonds. The fraction of sp³-hybridized carbons (Fsp3) is 0.125. The summed E-state index contributed by atoms with van der Waals surface area (Å²) in [7, 11) is 0. The second kappa shape index (κ2) is 4.28. The van der Waals surface area contributed by atoms with E-state index in [2.05, 4.69) is 0 Å². The van der Waals surface area contributed by atoms with Gasteiger partial charge in [0, 0.05) is 5.02 Å². The summed E-state index contributed by atoms with van der Waals surface area (Å²) in [5.41, 5.74) is -0.136. The zero-order valence-corrected chi connectivity index (χ0v) is 8.54. The average molecular weight is 258 g/mol. The first-order valence-corrected chi connectivity index (χ1v) is 4.39. The van der Waals surface area contributed by atoms with E-state index in [0.717, 1.165) is 0 Å². The van der Waals surface area contributed by atoms with Crippen molar-refractivity contribution in [2.24, 2.45) is 0 Å². The number of carbonyl (C=O) groups excluding carboxylic acids is 1. The predicted octanol–water partition coefficient (Wildman–Crippen LogP) is 3.49. The van der Waals surface area contributed by atoms with E-state index in [0.29, 0.717) is 0 Å². The summed E-state index contributed by atoms with van der Waals surface area (Å²) in [5.74, 6) is -2.08. The van der Waals surface area contributed by atoms with Gasteiger partial charge >= 0.3 is 12.1 Å². The molecule has 0 aliphatic carbocycles. The van der Waals surface area contributed by atoms with Gasteiger partial charge in [0.1, 0.15) is 0 Å². The lowest BCUT2D eigenvalue weighted by Gasteiger charge is -2.09. The lowest BCUT2D eigenvalue weighted by atomic mass is 10.3. The Morgan fingerprint density at radius 1 is 1.27 bits per heavy atom. The van der Waals surface area contributed by atoms with Crippen LogP contribution in [0.2, 0.25) is 10.0 Å². The molecule has 0 bridgehead atoms. The number of nitrogens with one attached hydrogen (secondary N) is 1. The topological polar surface area (TPSA) is 29.1 Å². The van der Waals surface area contributed by atoms with Crippen LogP contribution >= 0.6 is 23.2 Å². The van der Waals surface area contributed by atoms with Gasteiger partial charge in [-0.15, -0.1) is 0 Å². The monoisotopic (exact) mass is 257 g/mol. The number of anilines is 1. The molecule has 0 aromatic heterocycles. The van der Waals surface area contributed by atoms with Crippen LogP contribution in [0.25, 0.3) is 0 Å². The van der Waals surface area contributed by atoms with E-state index in [1.807, 2.05) is 0 Å². The normalized spacial score (nSPS) is 11.3. The second-order valence-electron chi connectivity index (χ2n) is 2.58. The van der Waals surface area contributed by atoms with Crippen LogP contribution in [-0.4, -0.2) is 12.1 Å². The summed E-state index contributed by atoms with van der Waals surface area (Å²) in [6.45, 7) is 0. The van der Waals surface area contributed by atoms with Crippen molar-refractivity contribution >= 4 is 34.8 Å². The van der Waals surface area contributed by atoms with Crippen LogP contribution in [-0.2, 0) is 4.79 Å². The summed E-state index contributed by atoms with van der Waals surface area (Å²) in [5, 5.41) is 1.84. The number of hydrogen-bond acceptors (Lipinski definition) is 1. The number of halogens is 5. The minimum atomic E-state index is -4.94. The Hall–Kier alpha value is -0.940. The number of benzene rings is 1. The quantitative estimate of drug-likeness (QED) is 0.820. The number of amides is 1. The maximum Gasteiger partial charge on any atom is 0.471 e. The van der Waals surface area contributed by atoms with E-state index in [1.165, 1.54) is 18.2 Å². The molecule has 0 spiro atoms. The van der Waals surface area contributed by atoms with E-state index < -0.39 is 12.1 Å². The molecule has 1 N–H and O–H groups in total. The maximum atomic E-state index is 11.9. The Bertz CT molecular complexity index is 392. The Morgan fingerprint density at radius 2 is 1.87 bits per heavy atom. The molecule has 15 heavy (non-hydrogen) atoms. The summed E-state index contributed by atoms with van der Waals surface area (Å²) in [4.78, 5) is 10.5. The molecule has 0 aliphatic rings. The highest BCUT2D eigenvalue weighted by molar-refractivity contribution is 6.36. The van der Waals surface area contributed by atoms with Crippen LogP contribution < -0.4 is 5.32 Å². The van der Waals surface area contributed by atoms with Gasteiger partial charge in [0.05, 0.1) is 10.7 Å². The van der Waals surface area contributed by atoms with Crippen LogP contribution in [0.4, 0.5) is 18.9 Å². The van der Waals surface area contributed by atoms with Crippen LogP contribution in [0.3, 0.4) is 0 Å². The minimum absolute atomic E-state index is 0.0555. The summed E-state index contributed by atoms with van der Waals surface area (Å²) in [6, 6.07) is 3.74. The van der Waals surface area contributed by atoms with Crippen molar-refractivity contribution in [2.75, 3.05) is 5.32 Å². The molecular formula is C8H4Cl2F3NO. The van der Waals surface area contributed by atoms with Gasteiger partial charge < -0.3 is 5.32 Å². The van der Waals surface area contributed by atoms with Crippen molar-refractivity contribution in [3.05, 3.63) is 28.2 Å². The zero-order valence-electron chi connectivity index (χ0n) is 7.03. The lowest BCUT2D eigenvalue weighted by Crippen LogP contribution is -2.30. The molecule has 1 aromatic rings. The molecule has 1 rings (SSSR count). The van der Waals surface area contributed by atoms with Crippen molar-refractivity contribution < 1.29 is 18.0 Å². The van der Waals surface area contributed by atoms with Crippen molar-refractivity contribution in [1.82, 2.24) is 0 Å². The fourth-order valence-corrected chi connectivity index (χ4v) is 1.24. The molecule has 0 atom stereocenters. The predicted molar refractivity (Wildman–Crippen MR) is 51.1 cm³/mol. The second-order valence-corrected chi connectivity index (χ2v) is 3.42. The molecule has 0 aliphatic heterocycles. The number of carbonyl (C=O) groups is 1. The van der Waals surface area contributed by atoms with Crippen molar-refractivity contribution in [3.8, 4) is 0 Å². The molecule has 0 saturated heterocycles. The van der Waals surface area contributed by atoms with Gasteiger partial charge in [-0.2, -0.15) is 13.2 Å². The highest BCUT2D eigenvalue weighted by atomic mass is 35.5. The number of hydrogen-bond donors (Lipinski definition) is 1. The summed E-state index contributed by atoms with van der Waals surface area (Å²) < 4.78 is 35.6. The molecule has 0 fully saturated rings. The molecule has 0 radical (unpaired) electrons. The van der Waals surface area contributed by atoms with Gasteiger partial charge in [-0.1, -0.05) is 23.2 Å².